The molecule has 2 aromatic carbocycles. The van der Waals surface area contributed by atoms with Crippen molar-refractivity contribution in [3.63, 3.8) is 0 Å². The van der Waals surface area contributed by atoms with E-state index in [1.54, 1.807) is 0 Å². The van der Waals surface area contributed by atoms with Crippen molar-refractivity contribution in [1.82, 2.24) is 5.43 Å². The van der Waals surface area contributed by atoms with Gasteiger partial charge in [-0.05, 0) is 23.3 Å². The molecule has 1 amide bonds. The molecule has 1 atom stereocenters. The van der Waals surface area contributed by atoms with Crippen LogP contribution >= 0.6 is 15.9 Å². The molecule has 1 aliphatic heterocycles. The number of carbonyl (C=O) groups is 1. The van der Waals surface area contributed by atoms with Gasteiger partial charge in [-0.1, -0.05) is 58.4 Å². The molecule has 1 heterocycles. The summed E-state index contributed by atoms with van der Waals surface area (Å²) in [5.74, 6) is -0.218. The van der Waals surface area contributed by atoms with Crippen molar-refractivity contribution in [2.24, 2.45) is 5.10 Å². The van der Waals surface area contributed by atoms with E-state index in [9.17, 15) is 4.79 Å². The predicted octanol–water partition coefficient (Wildman–Crippen LogP) is 3.46. The smallest absolute Gasteiger partial charge is 0.248 e. The number of nitrogens with zero attached hydrogens (tertiary/aromatic N) is 1. The molecule has 0 bridgehead atoms. The predicted molar refractivity (Wildman–Crippen MR) is 82.6 cm³/mol. The molecule has 2 aromatic rings. The van der Waals surface area contributed by atoms with Gasteiger partial charge in [0, 0.05) is 10.9 Å². The molecule has 0 spiro atoms. The van der Waals surface area contributed by atoms with E-state index in [2.05, 4.69) is 26.5 Å². The number of halogens is 1. The first-order valence-corrected chi connectivity index (χ1v) is 7.20. The standard InChI is InChI=1S/C16H13BrN2O/c17-13-8-6-12(7-9-13)15-10-14(16(20)19-18-15)11-4-2-1-3-5-11/h1-9,14H,10H2,(H,19,20)/t14-/m0/s1. The maximum atomic E-state index is 12.0. The van der Waals surface area contributed by atoms with E-state index in [0.29, 0.717) is 6.42 Å². The fourth-order valence-electron chi connectivity index (χ4n) is 2.31. The molecule has 20 heavy (non-hydrogen) atoms. The molecule has 100 valence electrons. The van der Waals surface area contributed by atoms with Gasteiger partial charge >= 0.3 is 0 Å². The summed E-state index contributed by atoms with van der Waals surface area (Å²) < 4.78 is 1.03. The molecule has 0 aliphatic carbocycles. The lowest BCUT2D eigenvalue weighted by Crippen LogP contribution is -2.33. The Labute approximate surface area is 125 Å². The van der Waals surface area contributed by atoms with Crippen LogP contribution in [0.1, 0.15) is 23.5 Å². The topological polar surface area (TPSA) is 41.5 Å². The van der Waals surface area contributed by atoms with E-state index in [-0.39, 0.29) is 11.8 Å². The number of hydrogen-bond donors (Lipinski definition) is 1. The Morgan fingerprint density at radius 3 is 2.45 bits per heavy atom. The minimum Gasteiger partial charge on any atom is -0.272 e. The zero-order valence-electron chi connectivity index (χ0n) is 10.7. The highest BCUT2D eigenvalue weighted by atomic mass is 79.9. The fourth-order valence-corrected chi connectivity index (χ4v) is 2.58. The van der Waals surface area contributed by atoms with Crippen LogP contribution < -0.4 is 5.43 Å². The lowest BCUT2D eigenvalue weighted by atomic mass is 9.89. The van der Waals surface area contributed by atoms with Gasteiger partial charge in [0.05, 0.1) is 11.6 Å². The minimum atomic E-state index is -0.174. The zero-order chi connectivity index (χ0) is 13.9. The van der Waals surface area contributed by atoms with Crippen LogP contribution in [0, 0.1) is 0 Å². The van der Waals surface area contributed by atoms with E-state index in [4.69, 9.17) is 0 Å². The summed E-state index contributed by atoms with van der Waals surface area (Å²) in [4.78, 5) is 12.0. The lowest BCUT2D eigenvalue weighted by Gasteiger charge is -2.21. The van der Waals surface area contributed by atoms with Gasteiger partial charge in [0.2, 0.25) is 5.91 Å². The van der Waals surface area contributed by atoms with Gasteiger partial charge in [-0.15, -0.1) is 0 Å². The average molecular weight is 329 g/mol. The fraction of sp³-hybridized carbons (Fsp3) is 0.125. The van der Waals surface area contributed by atoms with Crippen molar-refractivity contribution in [1.29, 1.82) is 0 Å². The normalized spacial score (nSPS) is 18.4. The number of benzene rings is 2. The number of rotatable bonds is 2. The van der Waals surface area contributed by atoms with Crippen molar-refractivity contribution in [3.8, 4) is 0 Å². The summed E-state index contributed by atoms with van der Waals surface area (Å²) in [6.07, 6.45) is 0.622. The van der Waals surface area contributed by atoms with E-state index >= 15 is 0 Å². The Morgan fingerprint density at radius 1 is 1.05 bits per heavy atom. The first-order valence-electron chi connectivity index (χ1n) is 6.41. The third kappa shape index (κ3) is 2.65. The molecule has 1 aliphatic rings. The maximum Gasteiger partial charge on any atom is 0.248 e. The highest BCUT2D eigenvalue weighted by Gasteiger charge is 2.26. The Morgan fingerprint density at radius 2 is 1.75 bits per heavy atom. The summed E-state index contributed by atoms with van der Waals surface area (Å²) >= 11 is 3.42. The largest absolute Gasteiger partial charge is 0.272 e. The molecular formula is C16H13BrN2O. The van der Waals surface area contributed by atoms with Gasteiger partial charge in [0.25, 0.3) is 0 Å². The van der Waals surface area contributed by atoms with Crippen LogP contribution in [0.3, 0.4) is 0 Å². The van der Waals surface area contributed by atoms with Crippen LogP contribution in [0.4, 0.5) is 0 Å². The van der Waals surface area contributed by atoms with Crippen LogP contribution in [0.2, 0.25) is 0 Å². The van der Waals surface area contributed by atoms with Gasteiger partial charge in [0.1, 0.15) is 0 Å². The van der Waals surface area contributed by atoms with Crippen LogP contribution in [0.15, 0.2) is 64.2 Å². The average Bonchev–Trinajstić information content (AvgIpc) is 2.50. The molecule has 0 fully saturated rings. The van der Waals surface area contributed by atoms with Gasteiger partial charge < -0.3 is 0 Å². The van der Waals surface area contributed by atoms with E-state index < -0.39 is 0 Å². The Balaban J connectivity index is 1.89. The van der Waals surface area contributed by atoms with Crippen LogP contribution in [0.5, 0.6) is 0 Å². The number of nitrogens with one attached hydrogen (secondary N) is 1. The van der Waals surface area contributed by atoms with Gasteiger partial charge in [0.15, 0.2) is 0 Å². The molecule has 1 N–H and O–H groups in total. The summed E-state index contributed by atoms with van der Waals surface area (Å²) in [5, 5.41) is 4.19. The summed E-state index contributed by atoms with van der Waals surface area (Å²) in [5.41, 5.74) is 5.60. The molecule has 0 radical (unpaired) electrons. The van der Waals surface area contributed by atoms with Crippen molar-refractivity contribution in [2.45, 2.75) is 12.3 Å². The minimum absolute atomic E-state index is 0.0444. The monoisotopic (exact) mass is 328 g/mol. The number of amides is 1. The SMILES string of the molecule is O=C1NN=C(c2ccc(Br)cc2)C[C@H]1c1ccccc1. The number of hydrazone groups is 1. The van der Waals surface area contributed by atoms with Crippen molar-refractivity contribution >= 4 is 27.5 Å². The number of hydrogen-bond acceptors (Lipinski definition) is 2. The third-order valence-electron chi connectivity index (χ3n) is 3.39. The molecular weight excluding hydrogens is 316 g/mol. The van der Waals surface area contributed by atoms with Crippen molar-refractivity contribution < 1.29 is 4.79 Å². The van der Waals surface area contributed by atoms with E-state index in [0.717, 1.165) is 21.3 Å². The lowest BCUT2D eigenvalue weighted by molar-refractivity contribution is -0.122. The Kier molecular flexibility index (Phi) is 3.65. The second-order valence-electron chi connectivity index (χ2n) is 4.71. The molecule has 0 saturated carbocycles. The second kappa shape index (κ2) is 5.59. The number of carbonyl (C=O) groups excluding carboxylic acids is 1. The van der Waals surface area contributed by atoms with Gasteiger partial charge in [-0.3, -0.25) is 4.79 Å². The Bertz CT molecular complexity index is 650. The summed E-state index contributed by atoms with van der Waals surface area (Å²) in [6.45, 7) is 0. The summed E-state index contributed by atoms with van der Waals surface area (Å²) in [7, 11) is 0. The van der Waals surface area contributed by atoms with Crippen LogP contribution in [-0.2, 0) is 4.79 Å². The van der Waals surface area contributed by atoms with E-state index in [1.807, 2.05) is 54.6 Å². The third-order valence-corrected chi connectivity index (χ3v) is 3.92. The zero-order valence-corrected chi connectivity index (χ0v) is 12.3. The first kappa shape index (κ1) is 13.1. The molecule has 4 heteroatoms. The molecule has 0 saturated heterocycles. The van der Waals surface area contributed by atoms with Crippen LogP contribution in [-0.4, -0.2) is 11.6 Å². The van der Waals surface area contributed by atoms with Crippen LogP contribution in [0.25, 0.3) is 0 Å². The quantitative estimate of drug-likeness (QED) is 0.901. The van der Waals surface area contributed by atoms with Crippen molar-refractivity contribution in [3.05, 3.63) is 70.2 Å². The second-order valence-corrected chi connectivity index (χ2v) is 5.62. The van der Waals surface area contributed by atoms with Crippen molar-refractivity contribution in [2.75, 3.05) is 0 Å². The summed E-state index contributed by atoms with van der Waals surface area (Å²) in [6, 6.07) is 17.8. The Hall–Kier alpha value is -1.94. The first-order chi connectivity index (χ1) is 9.74. The highest BCUT2D eigenvalue weighted by molar-refractivity contribution is 9.10. The molecule has 0 aromatic heterocycles. The molecule has 3 rings (SSSR count). The van der Waals surface area contributed by atoms with Gasteiger partial charge in [-0.25, -0.2) is 5.43 Å². The molecule has 0 unspecified atom stereocenters. The van der Waals surface area contributed by atoms with E-state index in [1.165, 1.54) is 0 Å². The molecule has 3 nitrogen and oxygen atoms in total. The van der Waals surface area contributed by atoms with Gasteiger partial charge in [-0.2, -0.15) is 5.10 Å². The highest BCUT2D eigenvalue weighted by Crippen LogP contribution is 2.25. The maximum absolute atomic E-state index is 12.0.